The number of hydrogen-bond donors (Lipinski definition) is 2. The van der Waals surface area contributed by atoms with Gasteiger partial charge in [0.25, 0.3) is 5.88 Å². The molecule has 2 aliphatic heterocycles. The minimum absolute atomic E-state index is 0.435. The lowest BCUT2D eigenvalue weighted by atomic mass is 10.0. The maximum absolute atomic E-state index is 13.9. The van der Waals surface area contributed by atoms with Crippen LogP contribution in [-0.2, 0) is 0 Å². The van der Waals surface area contributed by atoms with Crippen molar-refractivity contribution in [1.29, 1.82) is 0 Å². The molecule has 1 aromatic heterocycles. The van der Waals surface area contributed by atoms with Gasteiger partial charge in [0.2, 0.25) is 0 Å². The molecule has 23 heavy (non-hydrogen) atoms. The van der Waals surface area contributed by atoms with Gasteiger partial charge < -0.3 is 10.2 Å². The van der Waals surface area contributed by atoms with Crippen molar-refractivity contribution in [3.05, 3.63) is 53.4 Å². The van der Waals surface area contributed by atoms with Crippen molar-refractivity contribution < 1.29 is 22.3 Å². The molecular weight excluding hydrogens is 316 g/mol. The molecule has 0 unspecified atom stereocenters. The Morgan fingerprint density at radius 2 is 2.13 bits per heavy atom. The zero-order chi connectivity index (χ0) is 16.6. The van der Waals surface area contributed by atoms with Gasteiger partial charge in [-0.05, 0) is 30.7 Å². The van der Waals surface area contributed by atoms with E-state index in [0.717, 1.165) is 17.5 Å². The molecule has 0 bridgehead atoms. The van der Waals surface area contributed by atoms with Crippen LogP contribution in [0.25, 0.3) is 5.57 Å². The molecule has 0 saturated heterocycles. The molecule has 0 fully saturated rings. The van der Waals surface area contributed by atoms with E-state index in [4.69, 9.17) is 0 Å². The summed E-state index contributed by atoms with van der Waals surface area (Å²) in [5.74, 6) is -1.62. The van der Waals surface area contributed by atoms with Crippen LogP contribution in [0.4, 0.5) is 17.6 Å². The number of nitrogens with zero attached hydrogens (tertiary/aromatic N) is 2. The summed E-state index contributed by atoms with van der Waals surface area (Å²) < 4.78 is 54.5. The van der Waals surface area contributed by atoms with Crippen LogP contribution in [0, 0.1) is 5.82 Å². The largest absolute Gasteiger partial charge is 0.466 e. The van der Waals surface area contributed by atoms with Crippen LogP contribution in [0.2, 0.25) is 0 Å². The van der Waals surface area contributed by atoms with Crippen LogP contribution in [0.5, 0.6) is 5.88 Å². The lowest BCUT2D eigenvalue weighted by Crippen LogP contribution is -2.34. The molecule has 2 aliphatic rings. The van der Waals surface area contributed by atoms with Gasteiger partial charge in [-0.15, -0.1) is 5.53 Å². The molecule has 0 aromatic carbocycles. The van der Waals surface area contributed by atoms with Crippen LogP contribution in [-0.4, -0.2) is 22.8 Å². The summed E-state index contributed by atoms with van der Waals surface area (Å²) in [6.07, 6.45) is 1.99. The van der Waals surface area contributed by atoms with Crippen molar-refractivity contribution >= 4 is 5.57 Å². The van der Waals surface area contributed by atoms with Crippen LogP contribution in [0.15, 0.2) is 42.0 Å². The van der Waals surface area contributed by atoms with Gasteiger partial charge >= 0.3 is 6.18 Å². The maximum Gasteiger partial charge on any atom is 0.422 e. The Bertz CT molecular complexity index is 724. The van der Waals surface area contributed by atoms with Crippen molar-refractivity contribution in [1.82, 2.24) is 21.0 Å². The fourth-order valence-corrected chi connectivity index (χ4v) is 2.11. The summed E-state index contributed by atoms with van der Waals surface area (Å²) in [7, 11) is 0. The Labute approximate surface area is 128 Å². The molecule has 9 heteroatoms. The molecule has 0 spiro atoms. The maximum atomic E-state index is 13.9. The molecule has 122 valence electrons. The topological polar surface area (TPSA) is 49.4 Å². The van der Waals surface area contributed by atoms with Crippen LogP contribution < -0.4 is 15.7 Å². The average Bonchev–Trinajstić information content (AvgIpc) is 2.86. The van der Waals surface area contributed by atoms with E-state index in [9.17, 15) is 17.6 Å². The molecule has 2 N–H and O–H groups in total. The van der Waals surface area contributed by atoms with Gasteiger partial charge in [0.15, 0.2) is 12.4 Å². The van der Waals surface area contributed by atoms with Crippen LogP contribution in [0.1, 0.15) is 12.5 Å². The van der Waals surface area contributed by atoms with Crippen molar-refractivity contribution in [2.45, 2.75) is 13.1 Å². The number of nitrogens with one attached hydrogen (secondary N) is 2. The highest BCUT2D eigenvalue weighted by molar-refractivity contribution is 5.77. The van der Waals surface area contributed by atoms with E-state index < -0.39 is 24.5 Å². The monoisotopic (exact) mass is 328 g/mol. The van der Waals surface area contributed by atoms with E-state index >= 15 is 0 Å². The second-order valence-electron chi connectivity index (χ2n) is 4.95. The number of alkyl halides is 3. The molecule has 0 radical (unpaired) electrons. The van der Waals surface area contributed by atoms with Crippen molar-refractivity contribution in [2.75, 3.05) is 6.61 Å². The Morgan fingerprint density at radius 3 is 2.83 bits per heavy atom. The highest BCUT2D eigenvalue weighted by atomic mass is 19.4. The van der Waals surface area contributed by atoms with E-state index in [1.807, 2.05) is 6.92 Å². The number of halogens is 4. The summed E-state index contributed by atoms with van der Waals surface area (Å²) in [5.41, 5.74) is 8.66. The number of pyridine rings is 1. The number of aromatic nitrogens is 1. The molecule has 0 aliphatic carbocycles. The normalized spacial score (nSPS) is 17.1. The van der Waals surface area contributed by atoms with Gasteiger partial charge in [-0.1, -0.05) is 0 Å². The Hall–Kier alpha value is -2.55. The Morgan fingerprint density at radius 1 is 1.35 bits per heavy atom. The number of hydrogen-bond acceptors (Lipinski definition) is 5. The van der Waals surface area contributed by atoms with Gasteiger partial charge in [0.1, 0.15) is 0 Å². The van der Waals surface area contributed by atoms with Crippen LogP contribution >= 0.6 is 0 Å². The fraction of sp³-hybridized carbons (Fsp3) is 0.214. The van der Waals surface area contributed by atoms with Gasteiger partial charge in [-0.2, -0.15) is 13.2 Å². The molecule has 0 amide bonds. The van der Waals surface area contributed by atoms with Crippen LogP contribution in [0.3, 0.4) is 0 Å². The third-order valence-electron chi connectivity index (χ3n) is 3.22. The highest BCUT2D eigenvalue weighted by Crippen LogP contribution is 2.28. The zero-order valence-electron chi connectivity index (χ0n) is 11.9. The number of allylic oxidation sites excluding steroid dienone is 4. The molecule has 0 saturated carbocycles. The Balaban J connectivity index is 1.82. The summed E-state index contributed by atoms with van der Waals surface area (Å²) in [5, 5.41) is 1.74. The second-order valence-corrected chi connectivity index (χ2v) is 4.95. The van der Waals surface area contributed by atoms with E-state index in [1.165, 1.54) is 6.20 Å². The second kappa shape index (κ2) is 5.58. The molecule has 3 heterocycles. The number of fused-ring (bicyclic) bond motifs is 1. The third kappa shape index (κ3) is 3.29. The Kier molecular flexibility index (Phi) is 3.72. The molecule has 3 rings (SSSR count). The smallest absolute Gasteiger partial charge is 0.422 e. The first kappa shape index (κ1) is 15.3. The van der Waals surface area contributed by atoms with Crippen molar-refractivity contribution in [3.8, 4) is 5.88 Å². The van der Waals surface area contributed by atoms with Gasteiger partial charge in [0, 0.05) is 18.0 Å². The first-order valence-corrected chi connectivity index (χ1v) is 6.60. The van der Waals surface area contributed by atoms with Crippen molar-refractivity contribution in [2.24, 2.45) is 0 Å². The third-order valence-corrected chi connectivity index (χ3v) is 3.22. The fourth-order valence-electron chi connectivity index (χ4n) is 2.11. The SMILES string of the molecule is CC1=C2C=C(c3cnc(OCC(F)(F)F)c(F)c3)C=CN2NN1. The first-order valence-electron chi connectivity index (χ1n) is 6.60. The number of hydrazine groups is 2. The molecule has 5 nitrogen and oxygen atoms in total. The lowest BCUT2D eigenvalue weighted by molar-refractivity contribution is -0.154. The lowest BCUT2D eigenvalue weighted by Gasteiger charge is -2.19. The quantitative estimate of drug-likeness (QED) is 0.836. The predicted octanol–water partition coefficient (Wildman–Crippen LogP) is 2.63. The highest BCUT2D eigenvalue weighted by Gasteiger charge is 2.29. The summed E-state index contributed by atoms with van der Waals surface area (Å²) >= 11 is 0. The predicted molar refractivity (Wildman–Crippen MR) is 73.7 cm³/mol. The molecule has 1 aromatic rings. The molecular formula is C14H12F4N4O. The first-order chi connectivity index (χ1) is 10.8. The van der Waals surface area contributed by atoms with Gasteiger partial charge in [-0.25, -0.2) is 9.37 Å². The minimum Gasteiger partial charge on any atom is -0.466 e. The number of ether oxygens (including phenoxy) is 1. The van der Waals surface area contributed by atoms with E-state index in [2.05, 4.69) is 20.7 Å². The van der Waals surface area contributed by atoms with Gasteiger partial charge in [0.05, 0.1) is 11.4 Å². The summed E-state index contributed by atoms with van der Waals surface area (Å²) in [6.45, 7) is 0.278. The van der Waals surface area contributed by atoms with E-state index in [-0.39, 0.29) is 0 Å². The standard InChI is InChI=1S/C14H12F4N4O/c1-8-12-5-9(2-3-22(12)21-20-8)10-4-11(15)13(19-6-10)23-7-14(16,17)18/h2-6,20-21H,7H2,1H3. The van der Waals surface area contributed by atoms with E-state index in [0.29, 0.717) is 11.1 Å². The van der Waals surface area contributed by atoms with E-state index in [1.54, 1.807) is 23.4 Å². The van der Waals surface area contributed by atoms with Crippen molar-refractivity contribution in [3.63, 3.8) is 0 Å². The zero-order valence-corrected chi connectivity index (χ0v) is 11.9. The number of rotatable bonds is 3. The minimum atomic E-state index is -4.54. The van der Waals surface area contributed by atoms with Gasteiger partial charge in [-0.3, -0.25) is 5.01 Å². The molecule has 0 atom stereocenters. The average molecular weight is 328 g/mol. The summed E-state index contributed by atoms with van der Waals surface area (Å²) in [4.78, 5) is 3.63. The summed E-state index contributed by atoms with van der Waals surface area (Å²) in [6, 6.07) is 1.09.